The number of ether oxygens (including phenoxy) is 1. The minimum atomic E-state index is -3.47. The van der Waals surface area contributed by atoms with Gasteiger partial charge in [-0.05, 0) is 41.6 Å². The lowest BCUT2D eigenvalue weighted by Gasteiger charge is -2.33. The highest BCUT2D eigenvalue weighted by atomic mass is 32.2. The van der Waals surface area contributed by atoms with Crippen LogP contribution in [-0.4, -0.2) is 46.1 Å². The van der Waals surface area contributed by atoms with Crippen LogP contribution in [0.3, 0.4) is 0 Å². The number of rotatable bonds is 7. The fraction of sp³-hybridized carbons (Fsp3) is 0.478. The summed E-state index contributed by atoms with van der Waals surface area (Å²) in [6.07, 6.45) is 0.851. The largest absolute Gasteiger partial charge is 0.371 e. The van der Waals surface area contributed by atoms with E-state index >= 15 is 0 Å². The molecule has 1 atom stereocenters. The first-order valence-electron chi connectivity index (χ1n) is 10.2. The predicted octanol–water partition coefficient (Wildman–Crippen LogP) is 3.73. The maximum absolute atomic E-state index is 12.5. The molecule has 1 aliphatic heterocycles. The third-order valence-corrected chi connectivity index (χ3v) is 6.77. The summed E-state index contributed by atoms with van der Waals surface area (Å²) in [6.45, 7) is 10.0. The van der Waals surface area contributed by atoms with Gasteiger partial charge in [-0.3, -0.25) is 4.90 Å². The van der Waals surface area contributed by atoms with Crippen molar-refractivity contribution in [2.75, 3.05) is 32.8 Å². The molecule has 2 aromatic carbocycles. The Morgan fingerprint density at radius 2 is 1.76 bits per heavy atom. The van der Waals surface area contributed by atoms with Crippen molar-refractivity contribution in [3.63, 3.8) is 0 Å². The van der Waals surface area contributed by atoms with E-state index in [2.05, 4.69) is 42.5 Å². The molecule has 1 fully saturated rings. The molecule has 0 radical (unpaired) electrons. The monoisotopic (exact) mass is 416 g/mol. The second kappa shape index (κ2) is 9.39. The summed E-state index contributed by atoms with van der Waals surface area (Å²) in [5.74, 6) is 0. The summed E-state index contributed by atoms with van der Waals surface area (Å²) in [5.41, 5.74) is 2.32. The topological polar surface area (TPSA) is 58.6 Å². The molecule has 1 aliphatic rings. The lowest BCUT2D eigenvalue weighted by Crippen LogP contribution is -2.39. The minimum absolute atomic E-state index is 0.00544. The number of sulfonamides is 1. The van der Waals surface area contributed by atoms with Gasteiger partial charge >= 0.3 is 0 Å². The number of nitrogens with zero attached hydrogens (tertiary/aromatic N) is 1. The van der Waals surface area contributed by atoms with Crippen molar-refractivity contribution in [3.8, 4) is 0 Å². The van der Waals surface area contributed by atoms with E-state index in [4.69, 9.17) is 4.74 Å². The van der Waals surface area contributed by atoms with E-state index < -0.39 is 10.0 Å². The molecule has 0 amide bonds. The molecule has 0 bridgehead atoms. The van der Waals surface area contributed by atoms with Gasteiger partial charge in [-0.2, -0.15) is 0 Å². The van der Waals surface area contributed by atoms with Crippen LogP contribution in [0, 0.1) is 0 Å². The van der Waals surface area contributed by atoms with E-state index in [1.54, 1.807) is 12.1 Å². The van der Waals surface area contributed by atoms with Crippen LogP contribution in [-0.2, 0) is 20.2 Å². The summed E-state index contributed by atoms with van der Waals surface area (Å²) in [5, 5.41) is 0. The van der Waals surface area contributed by atoms with Crippen molar-refractivity contribution in [1.82, 2.24) is 9.62 Å². The number of hydrogen-bond donors (Lipinski definition) is 1. The molecule has 0 aromatic heterocycles. The van der Waals surface area contributed by atoms with Gasteiger partial charge < -0.3 is 4.74 Å². The van der Waals surface area contributed by atoms with Crippen LogP contribution in [0.25, 0.3) is 0 Å². The third-order valence-electron chi connectivity index (χ3n) is 5.30. The zero-order chi connectivity index (χ0) is 20.9. The molecular formula is C23H32N2O3S. The molecular weight excluding hydrogens is 384 g/mol. The maximum Gasteiger partial charge on any atom is 0.240 e. The fourth-order valence-electron chi connectivity index (χ4n) is 3.50. The van der Waals surface area contributed by atoms with Crippen LogP contribution in [0.5, 0.6) is 0 Å². The first-order valence-corrected chi connectivity index (χ1v) is 11.7. The maximum atomic E-state index is 12.5. The van der Waals surface area contributed by atoms with E-state index in [1.165, 1.54) is 5.56 Å². The first-order chi connectivity index (χ1) is 13.8. The fourth-order valence-corrected chi connectivity index (χ4v) is 4.58. The van der Waals surface area contributed by atoms with E-state index in [-0.39, 0.29) is 11.5 Å². The Morgan fingerprint density at radius 3 is 2.41 bits per heavy atom. The quantitative estimate of drug-likeness (QED) is 0.699. The molecule has 6 heteroatoms. The Labute approximate surface area is 175 Å². The van der Waals surface area contributed by atoms with Crippen molar-refractivity contribution in [3.05, 3.63) is 65.7 Å². The predicted molar refractivity (Wildman–Crippen MR) is 117 cm³/mol. The molecule has 0 unspecified atom stereocenters. The third kappa shape index (κ3) is 6.12. The summed E-state index contributed by atoms with van der Waals surface area (Å²) in [7, 11) is -3.47. The SMILES string of the molecule is CC(C)(C)c1ccc(S(=O)(=O)NCCCN2CCO[C@H](c3ccccc3)C2)cc1. The van der Waals surface area contributed by atoms with E-state index in [0.717, 1.165) is 31.6 Å². The highest BCUT2D eigenvalue weighted by Gasteiger charge is 2.22. The standard InChI is InChI=1S/C23H32N2O3S/c1-23(2,3)20-10-12-21(13-11-20)29(26,27)24-14-7-15-25-16-17-28-22(18-25)19-8-5-4-6-9-19/h4-6,8-13,22,24H,7,14-18H2,1-3H3/t22-/m0/s1. The summed E-state index contributed by atoms with van der Waals surface area (Å²) < 4.78 is 33.7. The summed E-state index contributed by atoms with van der Waals surface area (Å²) in [4.78, 5) is 2.66. The van der Waals surface area contributed by atoms with Gasteiger partial charge in [0.05, 0.1) is 17.6 Å². The second-order valence-corrected chi connectivity index (χ2v) is 10.4. The molecule has 0 saturated carbocycles. The van der Waals surface area contributed by atoms with Gasteiger partial charge in [0.1, 0.15) is 0 Å². The van der Waals surface area contributed by atoms with Gasteiger partial charge in [-0.1, -0.05) is 63.2 Å². The molecule has 0 aliphatic carbocycles. The van der Waals surface area contributed by atoms with Crippen LogP contribution in [0.1, 0.15) is 44.4 Å². The zero-order valence-electron chi connectivity index (χ0n) is 17.6. The van der Waals surface area contributed by atoms with Crippen molar-refractivity contribution in [2.45, 2.75) is 43.6 Å². The van der Waals surface area contributed by atoms with Gasteiger partial charge in [0.15, 0.2) is 0 Å². The summed E-state index contributed by atoms with van der Waals surface area (Å²) in [6, 6.07) is 17.4. The van der Waals surface area contributed by atoms with Crippen molar-refractivity contribution in [2.24, 2.45) is 0 Å². The Balaban J connectivity index is 1.47. The molecule has 1 heterocycles. The molecule has 0 spiro atoms. The van der Waals surface area contributed by atoms with Crippen LogP contribution in [0.15, 0.2) is 59.5 Å². The van der Waals surface area contributed by atoms with Crippen LogP contribution >= 0.6 is 0 Å². The van der Waals surface area contributed by atoms with Crippen molar-refractivity contribution >= 4 is 10.0 Å². The van der Waals surface area contributed by atoms with E-state index in [9.17, 15) is 8.42 Å². The Kier molecular flexibility index (Phi) is 7.11. The van der Waals surface area contributed by atoms with Gasteiger partial charge in [-0.25, -0.2) is 13.1 Å². The molecule has 158 valence electrons. The Hall–Kier alpha value is -1.73. The molecule has 5 nitrogen and oxygen atoms in total. The van der Waals surface area contributed by atoms with Crippen LogP contribution in [0.4, 0.5) is 0 Å². The first kappa shape index (κ1) is 22.0. The average molecular weight is 417 g/mol. The number of morpholine rings is 1. The molecule has 29 heavy (non-hydrogen) atoms. The summed E-state index contributed by atoms with van der Waals surface area (Å²) >= 11 is 0. The van der Waals surface area contributed by atoms with Gasteiger partial charge in [0.25, 0.3) is 0 Å². The lowest BCUT2D eigenvalue weighted by molar-refractivity contribution is -0.0300. The van der Waals surface area contributed by atoms with Gasteiger partial charge in [0, 0.05) is 19.6 Å². The van der Waals surface area contributed by atoms with Gasteiger partial charge in [0.2, 0.25) is 10.0 Å². The van der Waals surface area contributed by atoms with E-state index in [0.29, 0.717) is 18.0 Å². The zero-order valence-corrected chi connectivity index (χ0v) is 18.4. The average Bonchev–Trinajstić information content (AvgIpc) is 2.72. The number of benzene rings is 2. The van der Waals surface area contributed by atoms with E-state index in [1.807, 2.05) is 30.3 Å². The number of nitrogens with one attached hydrogen (secondary N) is 1. The lowest BCUT2D eigenvalue weighted by atomic mass is 9.87. The number of hydrogen-bond acceptors (Lipinski definition) is 4. The second-order valence-electron chi connectivity index (χ2n) is 8.60. The minimum Gasteiger partial charge on any atom is -0.371 e. The highest BCUT2D eigenvalue weighted by Crippen LogP contribution is 2.24. The van der Waals surface area contributed by atoms with Gasteiger partial charge in [-0.15, -0.1) is 0 Å². The molecule has 1 saturated heterocycles. The molecule has 1 N–H and O–H groups in total. The molecule has 3 rings (SSSR count). The normalized spacial score (nSPS) is 18.7. The molecule has 2 aromatic rings. The van der Waals surface area contributed by atoms with Crippen molar-refractivity contribution < 1.29 is 13.2 Å². The smallest absolute Gasteiger partial charge is 0.240 e. The van der Waals surface area contributed by atoms with Crippen LogP contribution in [0.2, 0.25) is 0 Å². The van der Waals surface area contributed by atoms with Crippen LogP contribution < -0.4 is 4.72 Å². The highest BCUT2D eigenvalue weighted by molar-refractivity contribution is 7.89. The Bertz CT molecular complexity index is 875. The Morgan fingerprint density at radius 1 is 1.07 bits per heavy atom. The van der Waals surface area contributed by atoms with Crippen molar-refractivity contribution in [1.29, 1.82) is 0 Å².